The molecule has 2 aliphatic heterocycles. The quantitative estimate of drug-likeness (QED) is 0.208. The van der Waals surface area contributed by atoms with Gasteiger partial charge in [-0.1, -0.05) is 49.9 Å². The summed E-state index contributed by atoms with van der Waals surface area (Å²) in [5, 5.41) is 21.5. The summed E-state index contributed by atoms with van der Waals surface area (Å²) in [6.07, 6.45) is -5.98. The summed E-state index contributed by atoms with van der Waals surface area (Å²) in [5.41, 5.74) is -4.93. The lowest BCUT2D eigenvalue weighted by Crippen LogP contribution is -2.62. The van der Waals surface area contributed by atoms with Crippen molar-refractivity contribution in [1.82, 2.24) is 36.0 Å². The molecule has 21 heteroatoms. The normalized spacial score (nSPS) is 25.7. The molecule has 2 heterocycles. The van der Waals surface area contributed by atoms with Crippen molar-refractivity contribution in [3.63, 3.8) is 0 Å². The smallest absolute Gasteiger partial charge is 0.373 e. The molecule has 15 nitrogen and oxygen atoms in total. The minimum Gasteiger partial charge on any atom is -0.373 e. The number of benzene rings is 1. The Kier molecular flexibility index (Phi) is 16.9. The molecule has 1 aliphatic carbocycles. The van der Waals surface area contributed by atoms with Crippen LogP contribution in [0.1, 0.15) is 91.5 Å². The Balaban J connectivity index is 1.67. The van der Waals surface area contributed by atoms with Gasteiger partial charge in [-0.25, -0.2) is 4.39 Å². The van der Waals surface area contributed by atoms with Gasteiger partial charge in [-0.05, 0) is 88.5 Å². The van der Waals surface area contributed by atoms with Gasteiger partial charge in [0.15, 0.2) is 0 Å². The lowest BCUT2D eigenvalue weighted by atomic mass is 9.97. The molecule has 3 aliphatic rings. The zero-order chi connectivity index (χ0) is 47.4. The molecule has 1 saturated carbocycles. The zero-order valence-corrected chi connectivity index (χ0v) is 38.1. The average Bonchev–Trinajstić information content (AvgIpc) is 3.92. The predicted octanol–water partition coefficient (Wildman–Crippen LogP) is 3.45. The van der Waals surface area contributed by atoms with E-state index < -0.39 is 108 Å². The second-order valence-corrected chi connectivity index (χ2v) is 18.9. The maximum absolute atomic E-state index is 14.7. The van der Waals surface area contributed by atoms with Crippen LogP contribution in [0.15, 0.2) is 18.2 Å². The Morgan fingerprint density at radius 2 is 1.68 bits per heavy atom. The molecular formula is C42H59Cl2F4N7O8. The van der Waals surface area contributed by atoms with Gasteiger partial charge in [-0.3, -0.25) is 33.6 Å². The number of rotatable bonds is 11. The second-order valence-electron chi connectivity index (χ2n) is 18.0. The molecule has 3 fully saturated rings. The van der Waals surface area contributed by atoms with Crippen molar-refractivity contribution in [3.05, 3.63) is 33.8 Å². The first-order chi connectivity index (χ1) is 29.2. The molecule has 1 aromatic rings. The van der Waals surface area contributed by atoms with Gasteiger partial charge in [0.25, 0.3) is 5.91 Å². The third kappa shape index (κ3) is 13.0. The maximum atomic E-state index is 14.7. The van der Waals surface area contributed by atoms with Crippen LogP contribution in [0, 0.1) is 11.8 Å². The largest absolute Gasteiger partial charge is 0.426 e. The summed E-state index contributed by atoms with van der Waals surface area (Å²) in [5.74, 6) is -6.63. The zero-order valence-electron chi connectivity index (χ0n) is 36.5. The molecule has 1 aromatic carbocycles. The first-order valence-corrected chi connectivity index (χ1v) is 21.8. The van der Waals surface area contributed by atoms with E-state index in [1.54, 1.807) is 18.2 Å². The van der Waals surface area contributed by atoms with Gasteiger partial charge in [-0.2, -0.15) is 13.2 Å². The molecule has 2 saturated heterocycles. The van der Waals surface area contributed by atoms with E-state index in [0.717, 1.165) is 9.80 Å². The fourth-order valence-corrected chi connectivity index (χ4v) is 8.13. The van der Waals surface area contributed by atoms with E-state index in [2.05, 4.69) is 21.3 Å². The molecule has 0 aromatic heterocycles. The summed E-state index contributed by atoms with van der Waals surface area (Å²) in [6, 6.07) is -2.24. The Hall–Kier alpha value is -4.23. The fraction of sp³-hybridized carbons (Fsp3) is 0.690. The van der Waals surface area contributed by atoms with Crippen LogP contribution in [0.4, 0.5) is 17.6 Å². The molecule has 5 N–H and O–H groups in total. The third-order valence-corrected chi connectivity index (χ3v) is 12.4. The van der Waals surface area contributed by atoms with Crippen LogP contribution in [-0.2, 0) is 40.0 Å². The van der Waals surface area contributed by atoms with Gasteiger partial charge in [0, 0.05) is 43.5 Å². The predicted molar refractivity (Wildman–Crippen MR) is 225 cm³/mol. The first-order valence-electron chi connectivity index (χ1n) is 21.1. The van der Waals surface area contributed by atoms with Crippen molar-refractivity contribution in [3.8, 4) is 0 Å². The molecule has 0 spiro atoms. The van der Waals surface area contributed by atoms with Crippen LogP contribution in [-0.4, -0.2) is 142 Å². The highest BCUT2D eigenvalue weighted by molar-refractivity contribution is 6.33. The molecule has 7 atom stereocenters. The number of hydrogen-bond acceptors (Lipinski definition) is 8. The number of likely N-dealkylation sites (tertiary alicyclic amines) is 1. The molecular weight excluding hydrogens is 877 g/mol. The van der Waals surface area contributed by atoms with Crippen LogP contribution in [0.5, 0.6) is 0 Å². The Morgan fingerprint density at radius 1 is 1.03 bits per heavy atom. The minimum absolute atomic E-state index is 0.0173. The summed E-state index contributed by atoms with van der Waals surface area (Å²) >= 11 is 12.7. The number of carbonyl (C=O) groups is 7. The molecule has 0 unspecified atom stereocenters. The lowest BCUT2D eigenvalue weighted by Gasteiger charge is -2.36. The highest BCUT2D eigenvalue weighted by atomic mass is 35.5. The maximum Gasteiger partial charge on any atom is 0.426 e. The van der Waals surface area contributed by atoms with E-state index in [4.69, 9.17) is 23.2 Å². The van der Waals surface area contributed by atoms with Crippen LogP contribution in [0.25, 0.3) is 0 Å². The van der Waals surface area contributed by atoms with Crippen molar-refractivity contribution in [2.45, 2.75) is 146 Å². The molecule has 7 amide bonds. The molecule has 0 radical (unpaired) electrons. The second kappa shape index (κ2) is 20.7. The number of nitrogens with zero attached hydrogens (tertiary/aromatic N) is 3. The van der Waals surface area contributed by atoms with E-state index in [1.807, 2.05) is 13.8 Å². The SMILES string of the molecule is CC(C)C[C@@H]1NC(=O)[C@@H](N(C)C(=O)[C@H](CC2CC2)NC(=O)[C@@H]2C[C@@H](F)CN2C(=O)[C@@](C)(O)C(F)(F)F)CCCCNC(=O)C(C)(C)NC(=O)[C@H](Cc2cc(Cl)ccc2Cl)N(C)C1=O. The van der Waals surface area contributed by atoms with Crippen molar-refractivity contribution in [2.75, 3.05) is 27.2 Å². The highest BCUT2D eigenvalue weighted by Gasteiger charge is 2.59. The lowest BCUT2D eigenvalue weighted by molar-refractivity contribution is -0.250. The van der Waals surface area contributed by atoms with Gasteiger partial charge < -0.3 is 41.1 Å². The molecule has 0 bridgehead atoms. The number of halogens is 6. The fourth-order valence-electron chi connectivity index (χ4n) is 7.74. The van der Waals surface area contributed by atoms with Gasteiger partial charge in [0.1, 0.15) is 41.9 Å². The number of nitrogens with one attached hydrogen (secondary N) is 4. The number of alkyl halides is 4. The summed E-state index contributed by atoms with van der Waals surface area (Å²) in [4.78, 5) is 100. The molecule has 63 heavy (non-hydrogen) atoms. The van der Waals surface area contributed by atoms with E-state index >= 15 is 0 Å². The number of hydrogen-bond donors (Lipinski definition) is 5. The monoisotopic (exact) mass is 935 g/mol. The summed E-state index contributed by atoms with van der Waals surface area (Å²) in [6.45, 7) is 6.10. The average molecular weight is 937 g/mol. The van der Waals surface area contributed by atoms with E-state index in [9.17, 15) is 56.2 Å². The minimum atomic E-state index is -5.43. The number of likely N-dealkylation sites (N-methyl/N-ethyl adjacent to an activating group) is 2. The Labute approximate surface area is 374 Å². The number of amides is 7. The van der Waals surface area contributed by atoms with Crippen LogP contribution in [0.2, 0.25) is 10.0 Å². The van der Waals surface area contributed by atoms with Gasteiger partial charge in [0.2, 0.25) is 41.0 Å². The van der Waals surface area contributed by atoms with Crippen LogP contribution in [0.3, 0.4) is 0 Å². The van der Waals surface area contributed by atoms with Crippen molar-refractivity contribution >= 4 is 64.6 Å². The van der Waals surface area contributed by atoms with Gasteiger partial charge >= 0.3 is 6.18 Å². The van der Waals surface area contributed by atoms with Crippen molar-refractivity contribution in [2.24, 2.45) is 11.8 Å². The first kappa shape index (κ1) is 51.4. The molecule has 352 valence electrons. The third-order valence-electron chi connectivity index (χ3n) is 11.8. The van der Waals surface area contributed by atoms with Gasteiger partial charge in [0.05, 0.1) is 6.54 Å². The van der Waals surface area contributed by atoms with E-state index in [-0.39, 0.29) is 62.4 Å². The highest BCUT2D eigenvalue weighted by Crippen LogP contribution is 2.36. The van der Waals surface area contributed by atoms with Crippen molar-refractivity contribution < 1.29 is 56.2 Å². The van der Waals surface area contributed by atoms with E-state index in [0.29, 0.717) is 34.7 Å². The molecule has 4 rings (SSSR count). The van der Waals surface area contributed by atoms with Crippen LogP contribution >= 0.6 is 23.2 Å². The Morgan fingerprint density at radius 3 is 2.29 bits per heavy atom. The van der Waals surface area contributed by atoms with Crippen LogP contribution < -0.4 is 21.3 Å². The number of carbonyl (C=O) groups excluding carboxylic acids is 7. The Bertz CT molecular complexity index is 1900. The summed E-state index contributed by atoms with van der Waals surface area (Å²) in [7, 11) is 2.71. The van der Waals surface area contributed by atoms with Gasteiger partial charge in [-0.15, -0.1) is 0 Å². The number of aliphatic hydroxyl groups is 1. The summed E-state index contributed by atoms with van der Waals surface area (Å²) < 4.78 is 55.5. The van der Waals surface area contributed by atoms with Crippen molar-refractivity contribution in [1.29, 1.82) is 0 Å². The van der Waals surface area contributed by atoms with E-state index in [1.165, 1.54) is 27.9 Å². The standard InChI is InChI=1S/C42H59Cl2F4N7O8/c1-22(2)16-28-36(59)54(7)31(19-24-18-25(43)13-14-27(24)44)35(58)52-40(3,4)38(61)49-15-9-8-10-30(33(56)50-28)53(6)37(60)29(17-23-11-12-23)51-34(57)32-20-26(45)21-55(32)39(62)41(5,63)42(46,47)48/h13-14,18,22-23,26,28-32,63H,8-12,15-17,19-21H2,1-7H3,(H,49,61)(H,50,56)(H,51,57)(H,52,58)/t26-,28+,29+,30+,31+,32+,41-/m1/s1. The topological polar surface area (TPSA) is 198 Å².